The number of hydrogen-bond donors (Lipinski definition) is 0. The molecule has 2 bridgehead atoms. The lowest BCUT2D eigenvalue weighted by molar-refractivity contribution is -0.190. The molecular weight excluding hydrogens is 400 g/mol. The van der Waals surface area contributed by atoms with E-state index in [0.29, 0.717) is 17.4 Å². The summed E-state index contributed by atoms with van der Waals surface area (Å²) in [6, 6.07) is 9.34. The van der Waals surface area contributed by atoms with Crippen LogP contribution in [0.2, 0.25) is 0 Å². The minimum atomic E-state index is -0.391. The van der Waals surface area contributed by atoms with Gasteiger partial charge in [-0.05, 0) is 87.2 Å². The third kappa shape index (κ3) is 3.01. The summed E-state index contributed by atoms with van der Waals surface area (Å²) in [7, 11) is 1.53. The third-order valence-corrected chi connectivity index (χ3v) is 9.90. The SMILES string of the molecule is COC(=O)[C@]1(C)CCC[C@@]2(C)[C@H]1CC[C@@]13C=C(C)[C@@H](C[C@@H]12)C(OC(=O)c1ccccc1)C3. The Balaban J connectivity index is 1.44. The number of esters is 2. The minimum absolute atomic E-state index is 0.0354. The average Bonchev–Trinajstić information content (AvgIpc) is 2.78. The zero-order chi connectivity index (χ0) is 22.7. The van der Waals surface area contributed by atoms with Crippen LogP contribution in [0.15, 0.2) is 42.0 Å². The van der Waals surface area contributed by atoms with Crippen molar-refractivity contribution in [3.05, 3.63) is 47.5 Å². The molecule has 0 N–H and O–H groups in total. The van der Waals surface area contributed by atoms with Gasteiger partial charge in [-0.15, -0.1) is 0 Å². The third-order valence-electron chi connectivity index (χ3n) is 9.90. The molecule has 172 valence electrons. The Morgan fingerprint density at radius 3 is 2.50 bits per heavy atom. The second-order valence-corrected chi connectivity index (χ2v) is 11.4. The molecule has 1 unspecified atom stereocenters. The van der Waals surface area contributed by atoms with E-state index in [1.54, 1.807) is 0 Å². The van der Waals surface area contributed by atoms with E-state index in [4.69, 9.17) is 9.47 Å². The summed E-state index contributed by atoms with van der Waals surface area (Å²) in [5.41, 5.74) is 1.80. The van der Waals surface area contributed by atoms with Gasteiger partial charge in [0.25, 0.3) is 0 Å². The first kappa shape index (κ1) is 21.7. The van der Waals surface area contributed by atoms with E-state index in [-0.39, 0.29) is 34.8 Å². The van der Waals surface area contributed by atoms with Gasteiger partial charge >= 0.3 is 11.9 Å². The van der Waals surface area contributed by atoms with Gasteiger partial charge in [-0.2, -0.15) is 0 Å². The van der Waals surface area contributed by atoms with Crippen LogP contribution in [0.3, 0.4) is 0 Å². The van der Waals surface area contributed by atoms with E-state index in [2.05, 4.69) is 26.8 Å². The normalized spacial score (nSPS) is 42.3. The Hall–Kier alpha value is -2.10. The summed E-state index contributed by atoms with van der Waals surface area (Å²) in [6.07, 6.45) is 9.71. The monoisotopic (exact) mass is 436 g/mol. The van der Waals surface area contributed by atoms with Gasteiger partial charge in [0, 0.05) is 5.92 Å². The standard InChI is InChI=1S/C28H36O4/c1-18-16-28-14-11-22-26(2,12-8-13-27(22,3)25(30)31-4)23(28)15-20(18)21(17-28)32-24(29)19-9-6-5-7-10-19/h5-7,9-10,16,20-23H,8,11-15,17H2,1-4H3/t20-,21?,22-,23-,26+,27-,28+/m1/s1. The number of benzene rings is 1. The van der Waals surface area contributed by atoms with Crippen LogP contribution in [0.25, 0.3) is 0 Å². The molecule has 0 aliphatic heterocycles. The van der Waals surface area contributed by atoms with Crippen LogP contribution in [0.4, 0.5) is 0 Å². The summed E-state index contributed by atoms with van der Waals surface area (Å²) >= 11 is 0. The number of hydrogen-bond acceptors (Lipinski definition) is 4. The van der Waals surface area contributed by atoms with Crippen LogP contribution in [0, 0.1) is 34.0 Å². The molecule has 4 nitrogen and oxygen atoms in total. The highest BCUT2D eigenvalue weighted by molar-refractivity contribution is 5.89. The van der Waals surface area contributed by atoms with Gasteiger partial charge in [0.2, 0.25) is 0 Å². The zero-order valence-corrected chi connectivity index (χ0v) is 19.9. The summed E-state index contributed by atoms with van der Waals surface area (Å²) in [5, 5.41) is 0. The summed E-state index contributed by atoms with van der Waals surface area (Å²) in [5.74, 6) is 0.909. The molecule has 32 heavy (non-hydrogen) atoms. The number of allylic oxidation sites excluding steroid dienone is 1. The molecule has 0 saturated heterocycles. The van der Waals surface area contributed by atoms with E-state index in [0.717, 1.165) is 38.5 Å². The van der Waals surface area contributed by atoms with Crippen LogP contribution in [-0.2, 0) is 14.3 Å². The van der Waals surface area contributed by atoms with E-state index < -0.39 is 5.41 Å². The van der Waals surface area contributed by atoms with Gasteiger partial charge < -0.3 is 9.47 Å². The molecule has 3 fully saturated rings. The fraction of sp³-hybridized carbons (Fsp3) is 0.643. The molecule has 5 aliphatic rings. The molecule has 1 spiro atoms. The van der Waals surface area contributed by atoms with E-state index >= 15 is 0 Å². The van der Waals surface area contributed by atoms with Crippen molar-refractivity contribution in [1.29, 1.82) is 0 Å². The predicted molar refractivity (Wildman–Crippen MR) is 123 cm³/mol. The molecule has 3 saturated carbocycles. The summed E-state index contributed by atoms with van der Waals surface area (Å²) < 4.78 is 11.4. The van der Waals surface area contributed by atoms with Crippen molar-refractivity contribution < 1.29 is 19.1 Å². The second-order valence-electron chi connectivity index (χ2n) is 11.4. The number of methoxy groups -OCH3 is 1. The van der Waals surface area contributed by atoms with Crippen molar-refractivity contribution in [2.75, 3.05) is 7.11 Å². The van der Waals surface area contributed by atoms with Crippen molar-refractivity contribution >= 4 is 11.9 Å². The van der Waals surface area contributed by atoms with Crippen LogP contribution >= 0.6 is 0 Å². The number of ether oxygens (including phenoxy) is 2. The number of carbonyl (C=O) groups is 2. The van der Waals surface area contributed by atoms with E-state index in [1.807, 2.05) is 30.3 Å². The quantitative estimate of drug-likeness (QED) is 0.433. The predicted octanol–water partition coefficient (Wildman–Crippen LogP) is 5.96. The van der Waals surface area contributed by atoms with Crippen molar-refractivity contribution in [1.82, 2.24) is 0 Å². The van der Waals surface area contributed by atoms with Gasteiger partial charge in [0.15, 0.2) is 0 Å². The highest BCUT2D eigenvalue weighted by Gasteiger charge is 2.66. The highest BCUT2D eigenvalue weighted by atomic mass is 16.5. The number of fused-ring (bicyclic) bond motifs is 2. The first-order valence-electron chi connectivity index (χ1n) is 12.3. The molecule has 4 heteroatoms. The molecule has 6 rings (SSSR count). The van der Waals surface area contributed by atoms with Gasteiger partial charge in [0.1, 0.15) is 6.10 Å². The number of rotatable bonds is 3. The summed E-state index contributed by atoms with van der Waals surface area (Å²) in [4.78, 5) is 25.7. The first-order valence-corrected chi connectivity index (χ1v) is 12.3. The molecule has 0 heterocycles. The highest BCUT2D eigenvalue weighted by Crippen LogP contribution is 2.71. The Labute approximate surface area is 191 Å². The van der Waals surface area contributed by atoms with E-state index in [1.165, 1.54) is 19.1 Å². The lowest BCUT2D eigenvalue weighted by atomic mass is 9.38. The van der Waals surface area contributed by atoms with Crippen molar-refractivity contribution in [2.45, 2.75) is 71.8 Å². The van der Waals surface area contributed by atoms with E-state index in [9.17, 15) is 9.59 Å². The molecule has 7 atom stereocenters. The Kier molecular flexibility index (Phi) is 5.07. The first-order chi connectivity index (χ1) is 15.2. The maximum atomic E-state index is 12.9. The van der Waals surface area contributed by atoms with Crippen molar-refractivity contribution in [3.8, 4) is 0 Å². The molecule has 5 aliphatic carbocycles. The summed E-state index contributed by atoms with van der Waals surface area (Å²) in [6.45, 7) is 6.81. The van der Waals surface area contributed by atoms with Crippen LogP contribution in [-0.4, -0.2) is 25.2 Å². The Morgan fingerprint density at radius 2 is 1.78 bits per heavy atom. The molecule has 1 aromatic rings. The molecule has 1 aromatic carbocycles. The van der Waals surface area contributed by atoms with Crippen molar-refractivity contribution in [2.24, 2.45) is 34.0 Å². The fourth-order valence-electron chi connectivity index (χ4n) is 8.55. The maximum Gasteiger partial charge on any atom is 0.338 e. The zero-order valence-electron chi connectivity index (χ0n) is 19.9. The fourth-order valence-corrected chi connectivity index (χ4v) is 8.55. The van der Waals surface area contributed by atoms with Gasteiger partial charge in [-0.25, -0.2) is 4.79 Å². The van der Waals surface area contributed by atoms with Gasteiger partial charge in [0.05, 0.1) is 18.1 Å². The smallest absolute Gasteiger partial charge is 0.338 e. The minimum Gasteiger partial charge on any atom is -0.469 e. The van der Waals surface area contributed by atoms with Crippen LogP contribution in [0.5, 0.6) is 0 Å². The van der Waals surface area contributed by atoms with Gasteiger partial charge in [-0.3, -0.25) is 4.79 Å². The molecule has 0 amide bonds. The topological polar surface area (TPSA) is 52.6 Å². The van der Waals surface area contributed by atoms with Crippen molar-refractivity contribution in [3.63, 3.8) is 0 Å². The molecular formula is C28H36O4. The number of carbonyl (C=O) groups excluding carboxylic acids is 2. The average molecular weight is 437 g/mol. The van der Waals surface area contributed by atoms with Crippen LogP contribution < -0.4 is 0 Å². The molecule has 0 radical (unpaired) electrons. The van der Waals surface area contributed by atoms with Gasteiger partial charge in [-0.1, -0.05) is 43.2 Å². The Morgan fingerprint density at radius 1 is 1.03 bits per heavy atom. The lowest BCUT2D eigenvalue weighted by Gasteiger charge is -2.67. The largest absolute Gasteiger partial charge is 0.469 e. The maximum absolute atomic E-state index is 12.9. The lowest BCUT2D eigenvalue weighted by Crippen LogP contribution is -2.62. The van der Waals surface area contributed by atoms with Crippen LogP contribution in [0.1, 0.15) is 76.1 Å². The molecule has 0 aromatic heterocycles. The Bertz CT molecular complexity index is 951. The second kappa shape index (κ2) is 7.46.